The minimum absolute atomic E-state index is 0.0741. The summed E-state index contributed by atoms with van der Waals surface area (Å²) in [6.07, 6.45) is 8.65. The number of aromatic nitrogens is 3. The van der Waals surface area contributed by atoms with E-state index < -0.39 is 0 Å². The largest absolute Gasteiger partial charge is 0.384 e. The van der Waals surface area contributed by atoms with Gasteiger partial charge in [0, 0.05) is 43.1 Å². The second-order valence-electron chi connectivity index (χ2n) is 6.11. The van der Waals surface area contributed by atoms with E-state index >= 15 is 0 Å². The Bertz CT molecular complexity index is 896. The predicted molar refractivity (Wildman–Crippen MR) is 104 cm³/mol. The number of nitrogens with zero attached hydrogens (tertiary/aromatic N) is 4. The van der Waals surface area contributed by atoms with Crippen molar-refractivity contribution >= 4 is 22.8 Å². The van der Waals surface area contributed by atoms with Gasteiger partial charge in [0.2, 0.25) is 0 Å². The molecule has 1 amide bonds. The van der Waals surface area contributed by atoms with Crippen molar-refractivity contribution in [1.82, 2.24) is 19.4 Å². The topological polar surface area (TPSA) is 77.0 Å². The normalized spacial score (nSPS) is 14.0. The summed E-state index contributed by atoms with van der Waals surface area (Å²) < 4.78 is 1.95. The van der Waals surface area contributed by atoms with Crippen molar-refractivity contribution < 1.29 is 4.79 Å². The molecule has 1 saturated heterocycles. The highest BCUT2D eigenvalue weighted by Gasteiger charge is 2.19. The number of anilines is 1. The molecule has 3 aromatic heterocycles. The molecule has 0 aromatic carbocycles. The van der Waals surface area contributed by atoms with Gasteiger partial charge in [0.25, 0.3) is 5.91 Å². The molecular weight excluding hydrogens is 326 g/mol. The van der Waals surface area contributed by atoms with Crippen LogP contribution in [0.3, 0.4) is 0 Å². The molecule has 1 aliphatic rings. The van der Waals surface area contributed by atoms with Gasteiger partial charge in [-0.3, -0.25) is 4.79 Å². The zero-order valence-electron chi connectivity index (χ0n) is 15.4. The lowest BCUT2D eigenvalue weighted by molar-refractivity contribution is 0.0724. The zero-order valence-corrected chi connectivity index (χ0v) is 15.4. The summed E-state index contributed by atoms with van der Waals surface area (Å²) in [7, 11) is 0. The van der Waals surface area contributed by atoms with Crippen molar-refractivity contribution in [1.29, 1.82) is 0 Å². The van der Waals surface area contributed by atoms with Gasteiger partial charge in [-0.15, -0.1) is 0 Å². The van der Waals surface area contributed by atoms with Crippen LogP contribution in [-0.4, -0.2) is 38.4 Å². The second-order valence-corrected chi connectivity index (χ2v) is 6.11. The first kappa shape index (κ1) is 17.9. The lowest BCUT2D eigenvalue weighted by Gasteiger charge is -2.26. The van der Waals surface area contributed by atoms with Gasteiger partial charge in [-0.2, -0.15) is 0 Å². The average Bonchev–Trinajstić information content (AvgIpc) is 3.13. The molecule has 0 atom stereocenters. The lowest BCUT2D eigenvalue weighted by Crippen LogP contribution is -2.35. The number of nitrogens with two attached hydrogens (primary N) is 1. The highest BCUT2D eigenvalue weighted by Crippen LogP contribution is 2.21. The first-order chi connectivity index (χ1) is 12.7. The van der Waals surface area contributed by atoms with E-state index in [1.807, 2.05) is 47.7 Å². The Labute approximate surface area is 153 Å². The second kappa shape index (κ2) is 7.99. The van der Waals surface area contributed by atoms with Crippen LogP contribution in [0.1, 0.15) is 43.5 Å². The van der Waals surface area contributed by atoms with Crippen LogP contribution in [0.5, 0.6) is 0 Å². The molecule has 0 aliphatic carbocycles. The van der Waals surface area contributed by atoms with Crippen LogP contribution in [0.25, 0.3) is 16.7 Å². The zero-order chi connectivity index (χ0) is 18.5. The number of rotatable bonds is 2. The fourth-order valence-corrected chi connectivity index (χ4v) is 3.22. The number of hydrogen-bond donors (Lipinski definition) is 1. The molecule has 0 radical (unpaired) electrons. The summed E-state index contributed by atoms with van der Waals surface area (Å²) in [5.74, 6) is 0.538. The number of amides is 1. The highest BCUT2D eigenvalue weighted by molar-refractivity contribution is 5.97. The van der Waals surface area contributed by atoms with Gasteiger partial charge in [-0.1, -0.05) is 13.8 Å². The molecule has 6 nitrogen and oxygen atoms in total. The molecule has 0 saturated carbocycles. The van der Waals surface area contributed by atoms with Crippen LogP contribution in [-0.2, 0) is 0 Å². The number of fused-ring (bicyclic) bond motifs is 1. The molecule has 0 bridgehead atoms. The molecule has 0 spiro atoms. The fraction of sp³-hybridized carbons (Fsp3) is 0.350. The van der Waals surface area contributed by atoms with Gasteiger partial charge in [-0.25, -0.2) is 9.97 Å². The van der Waals surface area contributed by atoms with Crippen LogP contribution >= 0.6 is 0 Å². The van der Waals surface area contributed by atoms with E-state index in [1.54, 1.807) is 18.5 Å². The Morgan fingerprint density at radius 3 is 2.58 bits per heavy atom. The standard InChI is InChI=1S/C18H19N5O.C2H6/c19-16-11-15(4-6-20-16)23-9-5-13-10-14(12-21-17(13)23)18(24)22-7-2-1-3-8-22;1-2/h4-6,9-12H,1-3,7-8H2,(H2,19,20);1-2H3. The average molecular weight is 351 g/mol. The number of likely N-dealkylation sites (tertiary alicyclic amines) is 1. The molecule has 4 heterocycles. The third kappa shape index (κ3) is 3.54. The third-order valence-electron chi connectivity index (χ3n) is 4.46. The Morgan fingerprint density at radius 1 is 1.08 bits per heavy atom. The minimum Gasteiger partial charge on any atom is -0.384 e. The van der Waals surface area contributed by atoms with E-state index in [0.717, 1.165) is 42.7 Å². The number of nitrogen functional groups attached to an aromatic ring is 1. The summed E-state index contributed by atoms with van der Waals surface area (Å²) in [4.78, 5) is 23.1. The Kier molecular flexibility index (Phi) is 5.51. The fourth-order valence-electron chi connectivity index (χ4n) is 3.22. The van der Waals surface area contributed by atoms with Crippen LogP contribution in [0.2, 0.25) is 0 Å². The molecule has 2 N–H and O–H groups in total. The van der Waals surface area contributed by atoms with Gasteiger partial charge in [0.05, 0.1) is 11.3 Å². The molecule has 1 fully saturated rings. The predicted octanol–water partition coefficient (Wildman–Crippen LogP) is 3.66. The van der Waals surface area contributed by atoms with Crippen LogP contribution in [0, 0.1) is 0 Å². The summed E-state index contributed by atoms with van der Waals surface area (Å²) in [5, 5.41) is 0.938. The quantitative estimate of drug-likeness (QED) is 0.764. The van der Waals surface area contributed by atoms with Crippen molar-refractivity contribution in [2.75, 3.05) is 18.8 Å². The minimum atomic E-state index is 0.0741. The molecule has 0 unspecified atom stereocenters. The molecule has 3 aromatic rings. The molecular formula is C20H25N5O. The van der Waals surface area contributed by atoms with Gasteiger partial charge >= 0.3 is 0 Å². The maximum absolute atomic E-state index is 12.6. The lowest BCUT2D eigenvalue weighted by atomic mass is 10.1. The summed E-state index contributed by atoms with van der Waals surface area (Å²) in [6, 6.07) is 7.56. The monoisotopic (exact) mass is 351 g/mol. The summed E-state index contributed by atoms with van der Waals surface area (Å²) >= 11 is 0. The smallest absolute Gasteiger partial charge is 0.255 e. The Hall–Kier alpha value is -2.89. The molecule has 1 aliphatic heterocycles. The maximum atomic E-state index is 12.6. The van der Waals surface area contributed by atoms with Gasteiger partial charge in [0.15, 0.2) is 0 Å². The van der Waals surface area contributed by atoms with Crippen molar-refractivity contribution in [3.05, 3.63) is 48.4 Å². The van der Waals surface area contributed by atoms with Crippen molar-refractivity contribution in [3.8, 4) is 5.69 Å². The van der Waals surface area contributed by atoms with Gasteiger partial charge in [-0.05, 0) is 37.5 Å². The summed E-state index contributed by atoms with van der Waals surface area (Å²) in [5.41, 5.74) is 8.11. The summed E-state index contributed by atoms with van der Waals surface area (Å²) in [6.45, 7) is 5.68. The van der Waals surface area contributed by atoms with E-state index in [1.165, 1.54) is 6.42 Å². The highest BCUT2D eigenvalue weighted by atomic mass is 16.2. The van der Waals surface area contributed by atoms with Gasteiger partial charge < -0.3 is 15.2 Å². The Morgan fingerprint density at radius 2 is 1.85 bits per heavy atom. The van der Waals surface area contributed by atoms with E-state index in [4.69, 9.17) is 5.73 Å². The van der Waals surface area contributed by atoms with Crippen LogP contribution < -0.4 is 5.73 Å². The van der Waals surface area contributed by atoms with E-state index in [2.05, 4.69) is 9.97 Å². The molecule has 4 rings (SSSR count). The number of piperidine rings is 1. The van der Waals surface area contributed by atoms with Crippen molar-refractivity contribution in [3.63, 3.8) is 0 Å². The van der Waals surface area contributed by atoms with E-state index in [-0.39, 0.29) is 5.91 Å². The van der Waals surface area contributed by atoms with Crippen molar-refractivity contribution in [2.24, 2.45) is 0 Å². The third-order valence-corrected chi connectivity index (χ3v) is 4.46. The van der Waals surface area contributed by atoms with E-state index in [0.29, 0.717) is 11.4 Å². The molecule has 136 valence electrons. The van der Waals surface area contributed by atoms with Crippen LogP contribution in [0.15, 0.2) is 42.9 Å². The number of carbonyl (C=O) groups is 1. The van der Waals surface area contributed by atoms with Crippen LogP contribution in [0.4, 0.5) is 5.82 Å². The van der Waals surface area contributed by atoms with Gasteiger partial charge in [0.1, 0.15) is 11.5 Å². The number of carbonyl (C=O) groups excluding carboxylic acids is 1. The number of hydrogen-bond acceptors (Lipinski definition) is 4. The van der Waals surface area contributed by atoms with E-state index in [9.17, 15) is 4.79 Å². The SMILES string of the molecule is CC.Nc1cc(-n2ccc3cc(C(=O)N4CCCCC4)cnc32)ccn1. The Balaban J connectivity index is 0.000000948. The van der Waals surface area contributed by atoms with Crippen molar-refractivity contribution in [2.45, 2.75) is 33.1 Å². The molecule has 6 heteroatoms. The first-order valence-electron chi connectivity index (χ1n) is 9.21. The number of pyridine rings is 2. The maximum Gasteiger partial charge on any atom is 0.255 e. The molecule has 26 heavy (non-hydrogen) atoms. The first-order valence-corrected chi connectivity index (χ1v) is 9.21.